The molecule has 0 bridgehead atoms. The Balaban J connectivity index is 4.06. The van der Waals surface area contributed by atoms with Gasteiger partial charge in [0, 0.05) is 0 Å². The van der Waals surface area contributed by atoms with Crippen LogP contribution >= 0.6 is 20.7 Å². The largest absolute Gasteiger partial charge is 0.321 e. The molecule has 9 heavy (non-hydrogen) atoms. The van der Waals surface area contributed by atoms with Crippen LogP contribution in [0, 0.1) is 0 Å². The Morgan fingerprint density at radius 2 is 2.00 bits per heavy atom. The maximum absolute atomic E-state index is 11.0. The van der Waals surface area contributed by atoms with E-state index >= 15 is 0 Å². The van der Waals surface area contributed by atoms with E-state index in [0.29, 0.717) is 0 Å². The quantitative estimate of drug-likeness (QED) is 0.447. The molecule has 0 aromatic rings. The fraction of sp³-hybridized carbons (Fsp3) is 0.800. The normalized spacial score (nSPS) is 17.0. The fourth-order valence-corrected chi connectivity index (χ4v) is 1.86. The Labute approximate surface area is 62.3 Å². The first-order valence-corrected chi connectivity index (χ1v) is 6.11. The predicted molar refractivity (Wildman–Crippen MR) is 47.1 cm³/mol. The summed E-state index contributed by atoms with van der Waals surface area (Å²) in [6.45, 7) is 1.69. The van der Waals surface area contributed by atoms with Gasteiger partial charge in [0.05, 0.1) is 6.04 Å². The van der Waals surface area contributed by atoms with Gasteiger partial charge in [0.2, 0.25) is 0 Å². The van der Waals surface area contributed by atoms with Crippen LogP contribution in [-0.2, 0) is 4.79 Å². The van der Waals surface area contributed by atoms with Crippen molar-refractivity contribution in [1.82, 2.24) is 0 Å². The Hall–Kier alpha value is 0.330. The van der Waals surface area contributed by atoms with Gasteiger partial charge in [0.25, 0.3) is 0 Å². The van der Waals surface area contributed by atoms with Crippen molar-refractivity contribution >= 4 is 25.8 Å². The van der Waals surface area contributed by atoms with Crippen molar-refractivity contribution in [1.29, 1.82) is 0 Å². The summed E-state index contributed by atoms with van der Waals surface area (Å²) in [5, 5.41) is 0.0610. The topological polar surface area (TPSA) is 43.1 Å². The monoisotopic (exact) mass is 167 g/mol. The minimum Gasteiger partial charge on any atom is -0.321 e. The molecular weight excluding hydrogens is 154 g/mol. The van der Waals surface area contributed by atoms with Crippen LogP contribution in [0.3, 0.4) is 0 Å². The van der Waals surface area contributed by atoms with Gasteiger partial charge >= 0.3 is 0 Å². The molecule has 0 saturated heterocycles. The summed E-state index contributed by atoms with van der Waals surface area (Å²) in [6, 6.07) is -0.368. The van der Waals surface area contributed by atoms with Gasteiger partial charge in [-0.1, -0.05) is 0 Å². The first-order chi connectivity index (χ1) is 3.85. The molecule has 0 fully saturated rings. The molecule has 56 valence electrons. The fourth-order valence-electron chi connectivity index (χ4n) is 0.455. The average Bonchev–Trinajstić information content (AvgIpc) is 1.62. The van der Waals surface area contributed by atoms with E-state index in [9.17, 15) is 4.79 Å². The highest BCUT2D eigenvalue weighted by atomic mass is 33.1. The second kappa shape index (κ2) is 2.94. The standard InChI is InChI=1S/C5H13NOS2/c1-4(6)5(7)9(2,3)8/h4,8H,6H2,1-3H3/t4-/m0/s1. The van der Waals surface area contributed by atoms with Crippen LogP contribution in [0.2, 0.25) is 0 Å². The van der Waals surface area contributed by atoms with Crippen molar-refractivity contribution in [2.45, 2.75) is 13.0 Å². The van der Waals surface area contributed by atoms with E-state index in [-0.39, 0.29) is 11.2 Å². The number of hydrogen-bond donors (Lipinski definition) is 2. The molecule has 0 unspecified atom stereocenters. The molecule has 4 heteroatoms. The Bertz CT molecular complexity index is 117. The summed E-state index contributed by atoms with van der Waals surface area (Å²) in [5.41, 5.74) is 5.34. The molecule has 0 saturated carbocycles. The molecule has 0 spiro atoms. The number of thiol groups is 1. The van der Waals surface area contributed by atoms with Crippen molar-refractivity contribution in [3.05, 3.63) is 0 Å². The maximum Gasteiger partial charge on any atom is 0.196 e. The molecule has 2 nitrogen and oxygen atoms in total. The lowest BCUT2D eigenvalue weighted by Crippen LogP contribution is -2.28. The molecule has 0 heterocycles. The lowest BCUT2D eigenvalue weighted by molar-refractivity contribution is -0.111. The highest BCUT2D eigenvalue weighted by Gasteiger charge is 2.19. The van der Waals surface area contributed by atoms with Gasteiger partial charge in [-0.3, -0.25) is 4.79 Å². The van der Waals surface area contributed by atoms with Gasteiger partial charge in [-0.15, -0.1) is 20.7 Å². The molecule has 0 aliphatic heterocycles. The van der Waals surface area contributed by atoms with Crippen LogP contribution in [0.5, 0.6) is 0 Å². The highest BCUT2D eigenvalue weighted by molar-refractivity contribution is 8.93. The van der Waals surface area contributed by atoms with Crippen molar-refractivity contribution < 1.29 is 4.79 Å². The Kier molecular flexibility index (Phi) is 3.05. The maximum atomic E-state index is 11.0. The van der Waals surface area contributed by atoms with E-state index in [2.05, 4.69) is 11.7 Å². The number of nitrogens with two attached hydrogens (primary N) is 1. The third-order valence-electron chi connectivity index (χ3n) is 0.864. The molecule has 0 amide bonds. The van der Waals surface area contributed by atoms with Crippen molar-refractivity contribution in [3.8, 4) is 0 Å². The van der Waals surface area contributed by atoms with E-state index in [1.165, 1.54) is 0 Å². The van der Waals surface area contributed by atoms with E-state index in [0.717, 1.165) is 0 Å². The lowest BCUT2D eigenvalue weighted by atomic mass is 10.4. The molecule has 1 atom stereocenters. The predicted octanol–water partition coefficient (Wildman–Crippen LogP) is 0.769. The SMILES string of the molecule is C[C@H](N)C(=O)S(C)(C)S. The third-order valence-corrected chi connectivity index (χ3v) is 2.76. The van der Waals surface area contributed by atoms with Crippen LogP contribution in [0.4, 0.5) is 0 Å². The smallest absolute Gasteiger partial charge is 0.196 e. The molecule has 0 radical (unpaired) electrons. The Morgan fingerprint density at radius 1 is 1.67 bits per heavy atom. The summed E-state index contributed by atoms with van der Waals surface area (Å²) in [7, 11) is -1.37. The zero-order chi connectivity index (χ0) is 7.65. The van der Waals surface area contributed by atoms with Gasteiger partial charge in [-0.05, 0) is 19.4 Å². The molecule has 0 rings (SSSR count). The van der Waals surface area contributed by atoms with Crippen LogP contribution < -0.4 is 5.73 Å². The first kappa shape index (κ1) is 9.33. The van der Waals surface area contributed by atoms with E-state index in [4.69, 9.17) is 5.73 Å². The van der Waals surface area contributed by atoms with E-state index < -0.39 is 9.06 Å². The molecule has 0 aliphatic rings. The number of carbonyl (C=O) groups excluding carboxylic acids is 1. The van der Waals surface area contributed by atoms with Gasteiger partial charge in [-0.2, -0.15) is 0 Å². The van der Waals surface area contributed by atoms with Gasteiger partial charge < -0.3 is 5.73 Å². The van der Waals surface area contributed by atoms with Crippen LogP contribution in [-0.4, -0.2) is 23.7 Å². The zero-order valence-corrected chi connectivity index (χ0v) is 7.63. The third kappa shape index (κ3) is 3.13. The minimum atomic E-state index is -1.37. The van der Waals surface area contributed by atoms with Crippen molar-refractivity contribution in [2.75, 3.05) is 12.5 Å². The summed E-state index contributed by atoms with van der Waals surface area (Å²) < 4.78 is 0. The van der Waals surface area contributed by atoms with Crippen molar-refractivity contribution in [2.24, 2.45) is 5.73 Å². The molecule has 0 aromatic heterocycles. The Morgan fingerprint density at radius 3 is 2.00 bits per heavy atom. The number of carbonyl (C=O) groups is 1. The molecular formula is C5H13NOS2. The summed E-state index contributed by atoms with van der Waals surface area (Å²) in [4.78, 5) is 11.0. The highest BCUT2D eigenvalue weighted by Crippen LogP contribution is 2.45. The molecule has 2 N–H and O–H groups in total. The van der Waals surface area contributed by atoms with Crippen molar-refractivity contribution in [3.63, 3.8) is 0 Å². The van der Waals surface area contributed by atoms with E-state index in [1.807, 2.05) is 12.5 Å². The zero-order valence-electron chi connectivity index (χ0n) is 5.92. The van der Waals surface area contributed by atoms with Gasteiger partial charge in [-0.25, -0.2) is 0 Å². The summed E-state index contributed by atoms with van der Waals surface area (Å²) in [6.07, 6.45) is 3.64. The molecule has 0 aliphatic carbocycles. The lowest BCUT2D eigenvalue weighted by Gasteiger charge is -2.23. The van der Waals surface area contributed by atoms with Crippen LogP contribution in [0.25, 0.3) is 0 Å². The minimum absolute atomic E-state index is 0.0610. The van der Waals surface area contributed by atoms with E-state index in [1.54, 1.807) is 6.92 Å². The van der Waals surface area contributed by atoms with Gasteiger partial charge in [0.15, 0.2) is 5.12 Å². The summed E-state index contributed by atoms with van der Waals surface area (Å²) >= 11 is 4.14. The average molecular weight is 167 g/mol. The number of hydrogen-bond acceptors (Lipinski definition) is 3. The second-order valence-corrected chi connectivity index (χ2v) is 8.07. The molecule has 0 aromatic carbocycles. The summed E-state index contributed by atoms with van der Waals surface area (Å²) in [5.74, 6) is 0. The first-order valence-electron chi connectivity index (χ1n) is 2.61. The number of rotatable bonds is 1. The van der Waals surface area contributed by atoms with Crippen LogP contribution in [0.1, 0.15) is 6.92 Å². The van der Waals surface area contributed by atoms with Crippen LogP contribution in [0.15, 0.2) is 0 Å². The second-order valence-electron chi connectivity index (χ2n) is 2.38. The van der Waals surface area contributed by atoms with Gasteiger partial charge in [0.1, 0.15) is 0 Å².